The van der Waals surface area contributed by atoms with Gasteiger partial charge < -0.3 is 18.9 Å². The highest BCUT2D eigenvalue weighted by Gasteiger charge is 2.05. The molecule has 0 aliphatic carbocycles. The van der Waals surface area contributed by atoms with Crippen molar-refractivity contribution in [3.63, 3.8) is 0 Å². The minimum atomic E-state index is -0.550. The largest absolute Gasteiger partial charge is 0.462 e. The Morgan fingerprint density at radius 2 is 1.25 bits per heavy atom. The van der Waals surface area contributed by atoms with Crippen LogP contribution in [0.3, 0.4) is 0 Å². The van der Waals surface area contributed by atoms with Gasteiger partial charge in [0.15, 0.2) is 0 Å². The molecule has 0 saturated heterocycles. The lowest BCUT2D eigenvalue weighted by atomic mass is 9.99. The molecule has 182 valence electrons. The topological polar surface area (TPSA) is 71.1 Å². The van der Waals surface area contributed by atoms with Crippen molar-refractivity contribution in [2.24, 2.45) is 0 Å². The molecular weight excluding hydrogens is 456 g/mol. The van der Waals surface area contributed by atoms with Gasteiger partial charge in [0.2, 0.25) is 0 Å². The van der Waals surface area contributed by atoms with Gasteiger partial charge in [0.05, 0.1) is 0 Å². The summed E-state index contributed by atoms with van der Waals surface area (Å²) in [5.74, 6) is 0.219. The average Bonchev–Trinajstić information content (AvgIpc) is 2.90. The summed E-state index contributed by atoms with van der Waals surface area (Å²) < 4.78 is 20.6. The Kier molecular flexibility index (Phi) is 9.00. The van der Waals surface area contributed by atoms with E-state index in [0.717, 1.165) is 33.9 Å². The van der Waals surface area contributed by atoms with Crippen LogP contribution in [-0.4, -0.2) is 11.9 Å². The molecule has 0 aliphatic heterocycles. The van der Waals surface area contributed by atoms with Gasteiger partial charge in [-0.3, -0.25) is 0 Å². The van der Waals surface area contributed by atoms with Crippen molar-refractivity contribution in [2.45, 2.75) is 13.8 Å². The molecule has 36 heavy (non-hydrogen) atoms. The number of hydrogen-bond acceptors (Lipinski definition) is 6. The smallest absolute Gasteiger partial charge is 0.338 e. The lowest BCUT2D eigenvalue weighted by Gasteiger charge is -2.09. The first-order chi connectivity index (χ1) is 17.4. The van der Waals surface area contributed by atoms with Crippen LogP contribution in [0.2, 0.25) is 0 Å². The van der Waals surface area contributed by atoms with E-state index in [1.807, 2.05) is 49.4 Å². The van der Waals surface area contributed by atoms with Gasteiger partial charge in [-0.25, -0.2) is 9.59 Å². The molecule has 6 heteroatoms. The van der Waals surface area contributed by atoms with Crippen molar-refractivity contribution in [2.75, 3.05) is 0 Å². The maximum absolute atomic E-state index is 11.3. The molecule has 0 N–H and O–H groups in total. The highest BCUT2D eigenvalue weighted by molar-refractivity contribution is 5.87. The van der Waals surface area contributed by atoms with E-state index >= 15 is 0 Å². The van der Waals surface area contributed by atoms with Crippen molar-refractivity contribution < 1.29 is 28.5 Å². The number of aryl methyl sites for hydroxylation is 1. The monoisotopic (exact) mass is 482 g/mol. The zero-order chi connectivity index (χ0) is 25.9. The molecule has 0 amide bonds. The molecule has 0 bridgehead atoms. The van der Waals surface area contributed by atoms with Crippen molar-refractivity contribution in [3.8, 4) is 33.8 Å². The molecule has 0 radical (unpaired) electrons. The van der Waals surface area contributed by atoms with E-state index in [1.165, 1.54) is 25.0 Å². The molecule has 0 heterocycles. The predicted molar refractivity (Wildman–Crippen MR) is 139 cm³/mol. The lowest BCUT2D eigenvalue weighted by Crippen LogP contribution is -1.99. The lowest BCUT2D eigenvalue weighted by molar-refractivity contribution is -0.134. The average molecular weight is 483 g/mol. The molecule has 3 aromatic carbocycles. The van der Waals surface area contributed by atoms with Crippen molar-refractivity contribution >= 4 is 11.9 Å². The van der Waals surface area contributed by atoms with Gasteiger partial charge in [-0.2, -0.15) is 0 Å². The summed E-state index contributed by atoms with van der Waals surface area (Å²) in [6, 6.07) is 21.7. The van der Waals surface area contributed by atoms with Crippen LogP contribution in [0.4, 0.5) is 0 Å². The Bertz CT molecular complexity index is 1300. The Morgan fingerprint density at radius 1 is 0.722 bits per heavy atom. The Labute approximate surface area is 210 Å². The van der Waals surface area contributed by atoms with Gasteiger partial charge in [-0.05, 0) is 65.9 Å². The van der Waals surface area contributed by atoms with Gasteiger partial charge in [0, 0.05) is 11.6 Å². The fourth-order valence-corrected chi connectivity index (χ4v) is 3.08. The molecular formula is C30H26O6. The zero-order valence-corrected chi connectivity index (χ0v) is 20.1. The summed E-state index contributed by atoms with van der Waals surface area (Å²) in [5.41, 5.74) is 5.47. The molecule has 3 rings (SSSR count). The minimum Gasteiger partial charge on any atom is -0.462 e. The summed E-state index contributed by atoms with van der Waals surface area (Å²) in [6.07, 6.45) is 6.04. The van der Waals surface area contributed by atoms with Crippen LogP contribution in [-0.2, 0) is 19.1 Å². The second kappa shape index (κ2) is 12.6. The number of carbonyl (C=O) groups is 2. The fourth-order valence-electron chi connectivity index (χ4n) is 3.08. The van der Waals surface area contributed by atoms with Crippen LogP contribution in [0.25, 0.3) is 22.3 Å². The summed E-state index contributed by atoms with van der Waals surface area (Å²) in [5, 5.41) is 0. The van der Waals surface area contributed by atoms with Crippen LogP contribution in [0.5, 0.6) is 11.5 Å². The number of hydrogen-bond donors (Lipinski definition) is 0. The number of rotatable bonds is 10. The van der Waals surface area contributed by atoms with Gasteiger partial charge in [-0.1, -0.05) is 55.6 Å². The molecule has 0 atom stereocenters. The van der Waals surface area contributed by atoms with Gasteiger partial charge in [-0.15, -0.1) is 0 Å². The highest BCUT2D eigenvalue weighted by Crippen LogP contribution is 2.29. The van der Waals surface area contributed by atoms with E-state index < -0.39 is 11.9 Å². The van der Waals surface area contributed by atoms with Crippen LogP contribution in [0, 0.1) is 6.92 Å². The second-order valence-electron chi connectivity index (χ2n) is 7.69. The third kappa shape index (κ3) is 7.33. The Hall–Kier alpha value is -4.84. The fraction of sp³-hybridized carbons (Fsp3) is 0.0667. The predicted octanol–water partition coefficient (Wildman–Crippen LogP) is 6.88. The number of esters is 2. The standard InChI is InChI=1S/C30H26O6/c1-5-29(31)35-18-17-34-28-15-12-26(20-22(28)4)25-8-6-23(7-9-25)24-10-13-27(14-11-24)33-16-19-36-30(32)21(2)3/h5-20H,1-2H2,3-4H3/b18-17-,19-16-. The number of ether oxygens (including phenoxy) is 4. The summed E-state index contributed by atoms with van der Waals surface area (Å²) >= 11 is 0. The van der Waals surface area contributed by atoms with Crippen LogP contribution >= 0.6 is 0 Å². The SMILES string of the molecule is C=CC(=O)O/C=C\Oc1ccc(-c2ccc(-c3ccc(O/C=C\OC(=O)C(=C)C)cc3)cc2)cc1C. The first-order valence-corrected chi connectivity index (χ1v) is 11.0. The molecule has 6 nitrogen and oxygen atoms in total. The number of benzene rings is 3. The molecule has 0 aliphatic rings. The van der Waals surface area contributed by atoms with Crippen molar-refractivity contribution in [1.82, 2.24) is 0 Å². The molecule has 0 saturated carbocycles. The molecule has 0 fully saturated rings. The minimum absolute atomic E-state index is 0.314. The van der Waals surface area contributed by atoms with E-state index in [4.69, 9.17) is 18.9 Å². The summed E-state index contributed by atoms with van der Waals surface area (Å²) in [6.45, 7) is 10.4. The maximum atomic E-state index is 11.3. The van der Waals surface area contributed by atoms with E-state index in [1.54, 1.807) is 6.92 Å². The van der Waals surface area contributed by atoms with Gasteiger partial charge in [0.1, 0.15) is 36.5 Å². The molecule has 0 unspecified atom stereocenters. The Balaban J connectivity index is 1.60. The summed E-state index contributed by atoms with van der Waals surface area (Å²) in [7, 11) is 0. The normalized spacial score (nSPS) is 10.7. The van der Waals surface area contributed by atoms with Crippen LogP contribution < -0.4 is 9.47 Å². The van der Waals surface area contributed by atoms with Gasteiger partial charge in [0.25, 0.3) is 0 Å². The number of carbonyl (C=O) groups excluding carboxylic acids is 2. The van der Waals surface area contributed by atoms with E-state index in [9.17, 15) is 9.59 Å². The van der Waals surface area contributed by atoms with Gasteiger partial charge >= 0.3 is 11.9 Å². The van der Waals surface area contributed by atoms with Crippen molar-refractivity contribution in [1.29, 1.82) is 0 Å². The van der Waals surface area contributed by atoms with E-state index in [2.05, 4.69) is 37.4 Å². The van der Waals surface area contributed by atoms with Crippen molar-refractivity contribution in [3.05, 3.63) is 122 Å². The summed E-state index contributed by atoms with van der Waals surface area (Å²) in [4.78, 5) is 22.4. The Morgan fingerprint density at radius 3 is 1.83 bits per heavy atom. The third-order valence-corrected chi connectivity index (χ3v) is 4.97. The first kappa shape index (κ1) is 25.8. The first-order valence-electron chi connectivity index (χ1n) is 11.0. The maximum Gasteiger partial charge on any atom is 0.338 e. The van der Waals surface area contributed by atoms with Crippen LogP contribution in [0.15, 0.2) is 117 Å². The quantitative estimate of drug-likeness (QED) is 0.178. The second-order valence-corrected chi connectivity index (χ2v) is 7.69. The zero-order valence-electron chi connectivity index (χ0n) is 20.1. The molecule has 0 spiro atoms. The van der Waals surface area contributed by atoms with E-state index in [0.29, 0.717) is 17.1 Å². The molecule has 3 aromatic rings. The van der Waals surface area contributed by atoms with Crippen LogP contribution in [0.1, 0.15) is 12.5 Å². The third-order valence-electron chi connectivity index (χ3n) is 4.97. The molecule has 0 aromatic heterocycles. The van der Waals surface area contributed by atoms with E-state index in [-0.39, 0.29) is 0 Å². The highest BCUT2D eigenvalue weighted by atomic mass is 16.5.